The molecule has 2 fully saturated rings. The fourth-order valence-electron chi connectivity index (χ4n) is 6.39. The smallest absolute Gasteiger partial charge is 0.220 e. The SMILES string of the molecule is CC(=O)NCCCCCC(=O)NCc1cccc(-c2ccc(C3OC(CN4CCC(O)C4)C(C)C(c4ccc(CO)cc4)O3)cc2)c1. The summed E-state index contributed by atoms with van der Waals surface area (Å²) in [6.07, 6.45) is 2.71. The maximum Gasteiger partial charge on any atom is 0.220 e. The van der Waals surface area contributed by atoms with Crippen molar-refractivity contribution in [2.45, 2.75) is 83.7 Å². The van der Waals surface area contributed by atoms with Crippen molar-refractivity contribution >= 4 is 11.8 Å². The van der Waals surface area contributed by atoms with Crippen molar-refractivity contribution in [2.75, 3.05) is 26.2 Å². The van der Waals surface area contributed by atoms with Crippen LogP contribution in [0.3, 0.4) is 0 Å². The van der Waals surface area contributed by atoms with Crippen LogP contribution in [0.4, 0.5) is 0 Å². The number of nitrogens with one attached hydrogen (secondary N) is 2. The molecule has 4 N–H and O–H groups in total. The third-order valence-corrected chi connectivity index (χ3v) is 9.20. The number of unbranched alkanes of at least 4 members (excludes halogenated alkanes) is 2. The number of β-amino-alcohol motifs (C(OH)–C–C–N with tert-alkyl or cyclic N) is 1. The van der Waals surface area contributed by atoms with Crippen molar-refractivity contribution < 1.29 is 29.3 Å². The standard InChI is InChI=1S/C38H49N3O6/c1-26-35(24-41-20-18-34(44)23-41)46-38(47-37(26)31-12-10-28(25-42)11-13-31)32-16-14-30(15-17-32)33-8-6-7-29(21-33)22-40-36(45)9-4-3-5-19-39-27(2)43/h6-8,10-17,21,26,34-35,37-38,42,44H,3-5,9,18-20,22-25H2,1-2H3,(H,39,43)(H,40,45). The first-order valence-corrected chi connectivity index (χ1v) is 16.9. The monoisotopic (exact) mass is 643 g/mol. The Morgan fingerprint density at radius 2 is 1.66 bits per heavy atom. The molecule has 9 nitrogen and oxygen atoms in total. The summed E-state index contributed by atoms with van der Waals surface area (Å²) in [7, 11) is 0. The normalized spacial score (nSPS) is 23.0. The van der Waals surface area contributed by atoms with Gasteiger partial charge in [0.25, 0.3) is 0 Å². The number of hydrogen-bond donors (Lipinski definition) is 4. The van der Waals surface area contributed by atoms with Crippen molar-refractivity contribution in [1.82, 2.24) is 15.5 Å². The molecule has 5 atom stereocenters. The van der Waals surface area contributed by atoms with Gasteiger partial charge in [-0.3, -0.25) is 14.5 Å². The minimum absolute atomic E-state index is 0.0000675. The summed E-state index contributed by atoms with van der Waals surface area (Å²) < 4.78 is 13.2. The first kappa shape index (κ1) is 34.7. The van der Waals surface area contributed by atoms with Crippen LogP contribution >= 0.6 is 0 Å². The summed E-state index contributed by atoms with van der Waals surface area (Å²) in [4.78, 5) is 25.6. The molecule has 2 saturated heterocycles. The van der Waals surface area contributed by atoms with Gasteiger partial charge in [-0.05, 0) is 53.1 Å². The molecular formula is C38H49N3O6. The van der Waals surface area contributed by atoms with E-state index < -0.39 is 6.29 Å². The van der Waals surface area contributed by atoms with E-state index in [1.165, 1.54) is 6.92 Å². The van der Waals surface area contributed by atoms with E-state index in [-0.39, 0.29) is 42.7 Å². The van der Waals surface area contributed by atoms with Crippen LogP contribution in [-0.2, 0) is 32.2 Å². The summed E-state index contributed by atoms with van der Waals surface area (Å²) in [6, 6.07) is 24.4. The van der Waals surface area contributed by atoms with Crippen molar-refractivity contribution in [3.05, 3.63) is 95.1 Å². The molecule has 0 aromatic heterocycles. The van der Waals surface area contributed by atoms with Gasteiger partial charge in [0.2, 0.25) is 11.8 Å². The van der Waals surface area contributed by atoms with Crippen LogP contribution in [0.15, 0.2) is 72.8 Å². The minimum Gasteiger partial charge on any atom is -0.392 e. The fourth-order valence-corrected chi connectivity index (χ4v) is 6.39. The second kappa shape index (κ2) is 17.0. The van der Waals surface area contributed by atoms with Crippen molar-refractivity contribution in [3.63, 3.8) is 0 Å². The summed E-state index contributed by atoms with van der Waals surface area (Å²) in [5, 5.41) is 25.4. The number of ether oxygens (including phenoxy) is 2. The third-order valence-electron chi connectivity index (χ3n) is 9.20. The van der Waals surface area contributed by atoms with Crippen LogP contribution in [0.5, 0.6) is 0 Å². The molecule has 2 heterocycles. The Bertz CT molecular complexity index is 1450. The van der Waals surface area contributed by atoms with Crippen LogP contribution in [0, 0.1) is 5.92 Å². The van der Waals surface area contributed by atoms with E-state index in [0.29, 0.717) is 26.1 Å². The van der Waals surface area contributed by atoms with Crippen molar-refractivity contribution in [2.24, 2.45) is 5.92 Å². The zero-order valence-corrected chi connectivity index (χ0v) is 27.6. The Morgan fingerprint density at radius 1 is 0.894 bits per heavy atom. The maximum absolute atomic E-state index is 12.4. The van der Waals surface area contributed by atoms with Crippen LogP contribution in [0.1, 0.15) is 80.6 Å². The number of rotatable bonds is 14. The van der Waals surface area contributed by atoms with Crippen LogP contribution < -0.4 is 10.6 Å². The van der Waals surface area contributed by atoms with Crippen molar-refractivity contribution in [3.8, 4) is 11.1 Å². The molecule has 0 bridgehead atoms. The molecule has 2 aliphatic heterocycles. The van der Waals surface area contributed by atoms with Gasteiger partial charge < -0.3 is 30.3 Å². The molecule has 0 radical (unpaired) electrons. The Hall–Kier alpha value is -3.60. The highest BCUT2D eigenvalue weighted by atomic mass is 16.7. The van der Waals surface area contributed by atoms with Crippen LogP contribution in [0.25, 0.3) is 11.1 Å². The quantitative estimate of drug-likeness (QED) is 0.182. The number of hydrogen-bond acceptors (Lipinski definition) is 7. The summed E-state index contributed by atoms with van der Waals surface area (Å²) >= 11 is 0. The zero-order valence-electron chi connectivity index (χ0n) is 27.6. The van der Waals surface area contributed by atoms with E-state index >= 15 is 0 Å². The summed E-state index contributed by atoms with van der Waals surface area (Å²) in [5.41, 5.74) is 6.00. The Morgan fingerprint density at radius 3 is 2.36 bits per heavy atom. The molecule has 2 aliphatic rings. The predicted molar refractivity (Wildman–Crippen MR) is 181 cm³/mol. The number of carbonyl (C=O) groups excluding carboxylic acids is 2. The second-order valence-electron chi connectivity index (χ2n) is 12.9. The van der Waals surface area contributed by atoms with E-state index in [0.717, 1.165) is 72.2 Å². The molecule has 3 aromatic rings. The molecule has 0 saturated carbocycles. The van der Waals surface area contributed by atoms with Gasteiger partial charge in [-0.2, -0.15) is 0 Å². The van der Waals surface area contributed by atoms with Crippen molar-refractivity contribution in [1.29, 1.82) is 0 Å². The van der Waals surface area contributed by atoms with E-state index in [1.54, 1.807) is 0 Å². The lowest BCUT2D eigenvalue weighted by Crippen LogP contribution is -2.44. The highest BCUT2D eigenvalue weighted by Gasteiger charge is 2.39. The topological polar surface area (TPSA) is 120 Å². The highest BCUT2D eigenvalue weighted by molar-refractivity contribution is 5.76. The Kier molecular flexibility index (Phi) is 12.6. The predicted octanol–water partition coefficient (Wildman–Crippen LogP) is 5.02. The lowest BCUT2D eigenvalue weighted by molar-refractivity contribution is -0.276. The third kappa shape index (κ3) is 9.95. The van der Waals surface area contributed by atoms with E-state index in [2.05, 4.69) is 58.9 Å². The molecule has 47 heavy (non-hydrogen) atoms. The average molecular weight is 644 g/mol. The Labute approximate surface area is 278 Å². The maximum atomic E-state index is 12.4. The molecule has 9 heteroatoms. The second-order valence-corrected chi connectivity index (χ2v) is 12.9. The number of aliphatic hydroxyl groups excluding tert-OH is 2. The lowest BCUT2D eigenvalue weighted by atomic mass is 9.90. The van der Waals surface area contributed by atoms with Gasteiger partial charge in [0.15, 0.2) is 6.29 Å². The first-order chi connectivity index (χ1) is 22.8. The Balaban J connectivity index is 1.21. The number of aliphatic hydroxyl groups is 2. The van der Waals surface area contributed by atoms with Crippen LogP contribution in [-0.4, -0.2) is 65.3 Å². The molecular weight excluding hydrogens is 594 g/mol. The first-order valence-electron chi connectivity index (χ1n) is 16.9. The van der Waals surface area contributed by atoms with Gasteiger partial charge in [-0.15, -0.1) is 0 Å². The lowest BCUT2D eigenvalue weighted by Gasteiger charge is -2.42. The van der Waals surface area contributed by atoms with E-state index in [1.807, 2.05) is 36.4 Å². The molecule has 2 amide bonds. The average Bonchev–Trinajstić information content (AvgIpc) is 3.50. The number of nitrogens with zero attached hydrogens (tertiary/aromatic N) is 1. The number of amides is 2. The van der Waals surface area contributed by atoms with Gasteiger partial charge in [-0.1, -0.05) is 80.1 Å². The fraction of sp³-hybridized carbons (Fsp3) is 0.474. The van der Waals surface area contributed by atoms with E-state index in [9.17, 15) is 19.8 Å². The highest BCUT2D eigenvalue weighted by Crippen LogP contribution is 2.42. The number of carbonyl (C=O) groups is 2. The largest absolute Gasteiger partial charge is 0.392 e. The zero-order chi connectivity index (χ0) is 33.2. The molecule has 3 aromatic carbocycles. The molecule has 0 aliphatic carbocycles. The van der Waals surface area contributed by atoms with Crippen LogP contribution in [0.2, 0.25) is 0 Å². The van der Waals surface area contributed by atoms with Gasteiger partial charge in [0.1, 0.15) is 0 Å². The number of likely N-dealkylation sites (tertiary alicyclic amines) is 1. The van der Waals surface area contributed by atoms with Gasteiger partial charge >= 0.3 is 0 Å². The van der Waals surface area contributed by atoms with E-state index in [4.69, 9.17) is 9.47 Å². The van der Waals surface area contributed by atoms with Gasteiger partial charge in [0.05, 0.1) is 24.9 Å². The molecule has 5 rings (SSSR count). The summed E-state index contributed by atoms with van der Waals surface area (Å²) in [5.74, 6) is 0.0903. The summed E-state index contributed by atoms with van der Waals surface area (Å²) in [6.45, 7) is 7.02. The molecule has 5 unspecified atom stereocenters. The minimum atomic E-state index is -0.549. The number of benzene rings is 3. The molecule has 0 spiro atoms. The van der Waals surface area contributed by atoms with Gasteiger partial charge in [-0.25, -0.2) is 0 Å². The van der Waals surface area contributed by atoms with Gasteiger partial charge in [0, 0.05) is 57.5 Å². The molecule has 252 valence electrons.